The van der Waals surface area contributed by atoms with Crippen molar-refractivity contribution in [3.8, 4) is 11.5 Å². The van der Waals surface area contributed by atoms with E-state index in [-0.39, 0.29) is 18.3 Å². The van der Waals surface area contributed by atoms with Crippen LogP contribution in [0.3, 0.4) is 0 Å². The van der Waals surface area contributed by atoms with Gasteiger partial charge in [0.25, 0.3) is 5.91 Å². The lowest BCUT2D eigenvalue weighted by molar-refractivity contribution is -0.141. The number of aliphatic hydroxyl groups excluding tert-OH is 1. The lowest BCUT2D eigenvalue weighted by Gasteiger charge is -2.47. The van der Waals surface area contributed by atoms with Crippen molar-refractivity contribution in [3.63, 3.8) is 0 Å². The third kappa shape index (κ3) is 8.05. The molecule has 0 aromatic heterocycles. The molecule has 44 heavy (non-hydrogen) atoms. The van der Waals surface area contributed by atoms with Crippen LogP contribution in [0.4, 0.5) is 10.1 Å². The van der Waals surface area contributed by atoms with Crippen molar-refractivity contribution >= 4 is 41.1 Å². The van der Waals surface area contributed by atoms with Crippen molar-refractivity contribution < 1.29 is 43.3 Å². The zero-order valence-corrected chi connectivity index (χ0v) is 24.8. The molecule has 11 nitrogen and oxygen atoms in total. The van der Waals surface area contributed by atoms with Crippen molar-refractivity contribution in [2.45, 2.75) is 30.4 Å². The van der Waals surface area contributed by atoms with E-state index in [1.54, 1.807) is 60.5 Å². The second-order valence-electron chi connectivity index (χ2n) is 9.93. The van der Waals surface area contributed by atoms with Crippen molar-refractivity contribution in [3.05, 3.63) is 89.7 Å². The van der Waals surface area contributed by atoms with Crippen molar-refractivity contribution in [1.82, 2.24) is 10.6 Å². The van der Waals surface area contributed by atoms with Crippen LogP contribution in [0.5, 0.6) is 11.5 Å². The summed E-state index contributed by atoms with van der Waals surface area (Å²) in [7, 11) is 1.56. The van der Waals surface area contributed by atoms with Gasteiger partial charge in [-0.05, 0) is 66.6 Å². The Hall–Kier alpha value is -4.62. The molecule has 0 aliphatic carbocycles. The fourth-order valence-corrected chi connectivity index (χ4v) is 5.75. The van der Waals surface area contributed by atoms with Crippen molar-refractivity contribution in [1.29, 1.82) is 0 Å². The summed E-state index contributed by atoms with van der Waals surface area (Å²) in [4.78, 5) is 49.5. The minimum absolute atomic E-state index is 0.174. The number of halogens is 1. The Bertz CT molecular complexity index is 1470. The number of aliphatic hydroxyl groups is 1. The van der Waals surface area contributed by atoms with E-state index in [9.17, 15) is 28.7 Å². The van der Waals surface area contributed by atoms with E-state index in [2.05, 4.69) is 10.6 Å². The van der Waals surface area contributed by atoms with Gasteiger partial charge in [0.2, 0.25) is 11.8 Å². The van der Waals surface area contributed by atoms with Gasteiger partial charge in [0.05, 0.1) is 25.8 Å². The maximum absolute atomic E-state index is 13.6. The van der Waals surface area contributed by atoms with Gasteiger partial charge in [-0.2, -0.15) is 0 Å². The second kappa shape index (κ2) is 14.7. The Balaban J connectivity index is 1.39. The number of aliphatic carboxylic acids is 1. The SMILES string of the molecule is COc1ccc(C(O)CS[C@H]2C(=O)N(c3ccc(F)cc3)[C@@H]2c2ccc(OCC(=O)NCC(=O)N[C@H](C)C(=O)O)cc2)cc1. The topological polar surface area (TPSA) is 154 Å². The number of methoxy groups -OCH3 is 1. The summed E-state index contributed by atoms with van der Waals surface area (Å²) in [5.41, 5.74) is 2.00. The van der Waals surface area contributed by atoms with E-state index in [1.165, 1.54) is 43.0 Å². The highest BCUT2D eigenvalue weighted by Crippen LogP contribution is 2.46. The third-order valence-electron chi connectivity index (χ3n) is 6.87. The summed E-state index contributed by atoms with van der Waals surface area (Å²) in [5, 5.41) is 23.7. The average Bonchev–Trinajstić information content (AvgIpc) is 3.02. The van der Waals surface area contributed by atoms with Crippen LogP contribution < -0.4 is 25.0 Å². The fourth-order valence-electron chi connectivity index (χ4n) is 4.45. The van der Waals surface area contributed by atoms with Gasteiger partial charge < -0.3 is 35.2 Å². The normalized spacial score (nSPS) is 17.2. The molecular weight excluding hydrogens is 593 g/mol. The Morgan fingerprint density at radius 3 is 2.23 bits per heavy atom. The Labute approximate surface area is 257 Å². The largest absolute Gasteiger partial charge is 0.497 e. The van der Waals surface area contributed by atoms with Crippen LogP contribution in [0.1, 0.15) is 30.2 Å². The summed E-state index contributed by atoms with van der Waals surface area (Å²) in [6.07, 6.45) is -0.812. The van der Waals surface area contributed by atoms with Crippen LogP contribution in [-0.4, -0.2) is 71.2 Å². The molecule has 4 atom stereocenters. The van der Waals surface area contributed by atoms with Crippen LogP contribution in [-0.2, 0) is 19.2 Å². The van der Waals surface area contributed by atoms with Gasteiger partial charge in [-0.3, -0.25) is 19.2 Å². The van der Waals surface area contributed by atoms with E-state index in [0.717, 1.165) is 5.56 Å². The first-order valence-electron chi connectivity index (χ1n) is 13.6. The summed E-state index contributed by atoms with van der Waals surface area (Å²) in [6.45, 7) is 0.520. The molecular formula is C31H32FN3O8S. The minimum atomic E-state index is -1.19. The molecule has 1 aliphatic rings. The maximum atomic E-state index is 13.6. The number of carbonyl (C=O) groups is 4. The molecule has 0 radical (unpaired) electrons. The number of amides is 3. The van der Waals surface area contributed by atoms with Gasteiger partial charge in [-0.1, -0.05) is 24.3 Å². The standard InChI is InChI=1S/C31H32FN3O8S/c1-18(31(40)41)34-26(37)15-33-27(38)16-43-24-13-5-20(6-14-24)28-29(30(39)35(28)22-9-7-21(32)8-10-22)44-17-25(36)19-3-11-23(42-2)12-4-19/h3-14,18,25,28-29,36H,15-17H2,1-2H3,(H,33,38)(H,34,37)(H,40,41)/t18-,25?,28-,29-/m1/s1. The van der Waals surface area contributed by atoms with E-state index < -0.39 is 53.6 Å². The van der Waals surface area contributed by atoms with Gasteiger partial charge in [-0.15, -0.1) is 11.8 Å². The van der Waals surface area contributed by atoms with Crippen LogP contribution >= 0.6 is 11.8 Å². The highest BCUT2D eigenvalue weighted by atomic mass is 32.2. The van der Waals surface area contributed by atoms with Gasteiger partial charge in [0.15, 0.2) is 6.61 Å². The van der Waals surface area contributed by atoms with Crippen LogP contribution in [0.15, 0.2) is 72.8 Å². The molecule has 4 rings (SSSR count). The van der Waals surface area contributed by atoms with Crippen LogP contribution in [0, 0.1) is 5.82 Å². The smallest absolute Gasteiger partial charge is 0.325 e. The molecule has 3 aromatic rings. The van der Waals surface area contributed by atoms with Crippen molar-refractivity contribution in [2.24, 2.45) is 0 Å². The third-order valence-corrected chi connectivity index (χ3v) is 8.20. The number of carboxylic acids is 1. The first kappa shape index (κ1) is 32.3. The lowest BCUT2D eigenvalue weighted by Crippen LogP contribution is -2.57. The average molecular weight is 626 g/mol. The summed E-state index contributed by atoms with van der Waals surface area (Å²) >= 11 is 1.32. The zero-order valence-electron chi connectivity index (χ0n) is 23.9. The number of anilines is 1. The molecule has 4 N–H and O–H groups in total. The number of carboxylic acid groups (broad SMARTS) is 1. The Kier molecular flexibility index (Phi) is 10.8. The van der Waals surface area contributed by atoms with Gasteiger partial charge >= 0.3 is 5.97 Å². The molecule has 1 fully saturated rings. The second-order valence-corrected chi connectivity index (χ2v) is 11.1. The minimum Gasteiger partial charge on any atom is -0.497 e. The first-order chi connectivity index (χ1) is 21.1. The van der Waals surface area contributed by atoms with E-state index in [4.69, 9.17) is 14.6 Å². The molecule has 1 heterocycles. The number of nitrogens with zero attached hydrogens (tertiary/aromatic N) is 1. The number of rotatable bonds is 14. The van der Waals surface area contributed by atoms with Crippen LogP contribution in [0.25, 0.3) is 0 Å². The maximum Gasteiger partial charge on any atom is 0.325 e. The molecule has 1 saturated heterocycles. The molecule has 3 amide bonds. The summed E-state index contributed by atoms with van der Waals surface area (Å²) in [6, 6.07) is 18.0. The zero-order chi connectivity index (χ0) is 31.8. The van der Waals surface area contributed by atoms with E-state index >= 15 is 0 Å². The number of thioether (sulfide) groups is 1. The number of carbonyl (C=O) groups excluding carboxylic acids is 3. The van der Waals surface area contributed by atoms with Crippen molar-refractivity contribution in [2.75, 3.05) is 30.9 Å². The van der Waals surface area contributed by atoms with Crippen LogP contribution in [0.2, 0.25) is 0 Å². The van der Waals surface area contributed by atoms with E-state index in [1.807, 2.05) is 0 Å². The molecule has 0 saturated carbocycles. The summed E-state index contributed by atoms with van der Waals surface area (Å²) < 4.78 is 24.3. The Morgan fingerprint density at radius 2 is 1.61 bits per heavy atom. The number of β-lactam (4-membered cyclic amide) rings is 1. The predicted molar refractivity (Wildman–Crippen MR) is 161 cm³/mol. The fraction of sp³-hybridized carbons (Fsp3) is 0.290. The quantitative estimate of drug-likeness (QED) is 0.198. The van der Waals surface area contributed by atoms with E-state index in [0.29, 0.717) is 22.7 Å². The molecule has 0 spiro atoms. The molecule has 13 heteroatoms. The number of benzene rings is 3. The first-order valence-corrected chi connectivity index (χ1v) is 14.7. The van der Waals surface area contributed by atoms with Gasteiger partial charge in [0, 0.05) is 11.4 Å². The lowest BCUT2D eigenvalue weighted by atomic mass is 9.92. The number of hydrogen-bond acceptors (Lipinski definition) is 8. The number of nitrogens with one attached hydrogen (secondary N) is 2. The highest BCUT2D eigenvalue weighted by Gasteiger charge is 2.49. The summed E-state index contributed by atoms with van der Waals surface area (Å²) in [5.74, 6) is -1.72. The monoisotopic (exact) mass is 625 g/mol. The van der Waals surface area contributed by atoms with Gasteiger partial charge in [0.1, 0.15) is 28.6 Å². The molecule has 232 valence electrons. The van der Waals surface area contributed by atoms with Gasteiger partial charge in [-0.25, -0.2) is 4.39 Å². The molecule has 0 bridgehead atoms. The molecule has 1 unspecified atom stereocenters. The number of ether oxygens (including phenoxy) is 2. The Morgan fingerprint density at radius 1 is 0.977 bits per heavy atom. The highest BCUT2D eigenvalue weighted by molar-refractivity contribution is 8.00. The predicted octanol–water partition coefficient (Wildman–Crippen LogP) is 2.84. The molecule has 1 aliphatic heterocycles. The number of hydrogen-bond donors (Lipinski definition) is 4. The molecule has 3 aromatic carbocycles.